The van der Waals surface area contributed by atoms with Crippen molar-refractivity contribution in [3.8, 4) is 16.9 Å². The van der Waals surface area contributed by atoms with Crippen molar-refractivity contribution in [3.05, 3.63) is 89.4 Å². The summed E-state index contributed by atoms with van der Waals surface area (Å²) in [6.45, 7) is 3.44. The van der Waals surface area contributed by atoms with E-state index in [0.717, 1.165) is 28.1 Å². The summed E-state index contributed by atoms with van der Waals surface area (Å²) in [5.74, 6) is -0.778. The number of anilines is 2. The third-order valence-corrected chi connectivity index (χ3v) is 5.04. The van der Waals surface area contributed by atoms with Gasteiger partial charge in [0, 0.05) is 29.2 Å². The van der Waals surface area contributed by atoms with E-state index < -0.39 is 17.8 Å². The Morgan fingerprint density at radius 3 is 2.54 bits per heavy atom. The quantitative estimate of drug-likeness (QED) is 0.339. The van der Waals surface area contributed by atoms with Crippen molar-refractivity contribution in [2.75, 3.05) is 5.32 Å². The molecule has 0 unspecified atom stereocenters. The average Bonchev–Trinajstić information content (AvgIpc) is 3.20. The molecule has 0 aliphatic rings. The minimum atomic E-state index is -4.62. The zero-order valence-electron chi connectivity index (χ0n) is 18.7. The highest BCUT2D eigenvalue weighted by Gasteiger charge is 2.35. The zero-order valence-corrected chi connectivity index (χ0v) is 18.7. The van der Waals surface area contributed by atoms with Crippen LogP contribution in [0.2, 0.25) is 0 Å². The molecule has 2 N–H and O–H groups in total. The van der Waals surface area contributed by atoms with Crippen LogP contribution in [0, 0.1) is 13.8 Å². The van der Waals surface area contributed by atoms with Crippen LogP contribution in [-0.2, 0) is 11.0 Å². The van der Waals surface area contributed by atoms with Crippen LogP contribution < -0.4 is 5.32 Å². The lowest BCUT2D eigenvalue weighted by Gasteiger charge is -2.13. The van der Waals surface area contributed by atoms with E-state index in [2.05, 4.69) is 20.4 Å². The summed E-state index contributed by atoms with van der Waals surface area (Å²) in [6, 6.07) is 15.3. The van der Waals surface area contributed by atoms with E-state index in [4.69, 9.17) is 5.11 Å². The van der Waals surface area contributed by atoms with Crippen molar-refractivity contribution in [1.82, 2.24) is 19.7 Å². The van der Waals surface area contributed by atoms with E-state index in [9.17, 15) is 18.0 Å². The minimum absolute atomic E-state index is 0.141. The molecule has 2 aromatic carbocycles. The van der Waals surface area contributed by atoms with Crippen LogP contribution >= 0.6 is 0 Å². The first-order valence-corrected chi connectivity index (χ1v) is 10.5. The van der Waals surface area contributed by atoms with Crippen molar-refractivity contribution in [1.29, 1.82) is 0 Å². The molecule has 2 heterocycles. The van der Waals surface area contributed by atoms with E-state index in [0.29, 0.717) is 16.7 Å². The molecule has 4 aromatic rings. The van der Waals surface area contributed by atoms with E-state index in [1.807, 2.05) is 31.2 Å². The molecule has 178 valence electrons. The highest BCUT2D eigenvalue weighted by atomic mass is 19.4. The van der Waals surface area contributed by atoms with Crippen LogP contribution in [0.4, 0.5) is 24.8 Å². The lowest BCUT2D eigenvalue weighted by molar-refractivity contribution is -0.141. The second-order valence-corrected chi connectivity index (χ2v) is 7.80. The SMILES string of the molecule is Cc1cccc(Nc2ncc(-c3cccc(C=CC(=O)O)c3)c(-n3nc(C(F)(F)F)cc3C)n2)c1. The number of benzene rings is 2. The molecular weight excluding hydrogens is 459 g/mol. The van der Waals surface area contributed by atoms with Gasteiger partial charge in [-0.15, -0.1) is 0 Å². The predicted octanol–water partition coefficient (Wildman–Crippen LogP) is 5.81. The van der Waals surface area contributed by atoms with Crippen LogP contribution in [0.25, 0.3) is 23.0 Å². The van der Waals surface area contributed by atoms with Gasteiger partial charge < -0.3 is 10.4 Å². The van der Waals surface area contributed by atoms with Gasteiger partial charge in [0.05, 0.1) is 0 Å². The lowest BCUT2D eigenvalue weighted by Crippen LogP contribution is -2.10. The second-order valence-electron chi connectivity index (χ2n) is 7.80. The molecule has 0 fully saturated rings. The van der Waals surface area contributed by atoms with Gasteiger partial charge in [0.25, 0.3) is 0 Å². The highest BCUT2D eigenvalue weighted by Crippen LogP contribution is 2.32. The van der Waals surface area contributed by atoms with Gasteiger partial charge in [0.1, 0.15) is 0 Å². The fraction of sp³-hybridized carbons (Fsp3) is 0.120. The minimum Gasteiger partial charge on any atom is -0.478 e. The fourth-order valence-corrected chi connectivity index (χ4v) is 3.45. The van der Waals surface area contributed by atoms with Crippen LogP contribution in [0.3, 0.4) is 0 Å². The molecule has 0 aliphatic carbocycles. The van der Waals surface area contributed by atoms with Crippen molar-refractivity contribution in [3.63, 3.8) is 0 Å². The van der Waals surface area contributed by atoms with Gasteiger partial charge in [-0.25, -0.2) is 14.5 Å². The maximum absolute atomic E-state index is 13.4. The number of aromatic nitrogens is 4. The monoisotopic (exact) mass is 479 g/mol. The van der Waals surface area contributed by atoms with E-state index in [1.54, 1.807) is 24.3 Å². The average molecular weight is 479 g/mol. The summed E-state index contributed by atoms with van der Waals surface area (Å²) in [7, 11) is 0. The number of nitrogens with zero attached hydrogens (tertiary/aromatic N) is 4. The summed E-state index contributed by atoms with van der Waals surface area (Å²) >= 11 is 0. The van der Waals surface area contributed by atoms with Crippen LogP contribution in [-0.4, -0.2) is 30.8 Å². The molecule has 2 aromatic heterocycles. The van der Waals surface area contributed by atoms with Gasteiger partial charge >= 0.3 is 12.1 Å². The molecule has 0 radical (unpaired) electrons. The zero-order chi connectivity index (χ0) is 25.2. The molecule has 7 nitrogen and oxygen atoms in total. The molecule has 0 saturated heterocycles. The smallest absolute Gasteiger partial charge is 0.435 e. The lowest BCUT2D eigenvalue weighted by atomic mass is 10.0. The van der Waals surface area contributed by atoms with Crippen LogP contribution in [0.5, 0.6) is 0 Å². The Bertz CT molecular complexity index is 1430. The number of hydrogen-bond donors (Lipinski definition) is 2. The van der Waals surface area contributed by atoms with Gasteiger partial charge in [-0.2, -0.15) is 23.3 Å². The summed E-state index contributed by atoms with van der Waals surface area (Å²) in [5, 5.41) is 15.7. The van der Waals surface area contributed by atoms with Crippen molar-refractivity contribution in [2.24, 2.45) is 0 Å². The molecule has 0 saturated carbocycles. The highest BCUT2D eigenvalue weighted by molar-refractivity contribution is 5.86. The van der Waals surface area contributed by atoms with Gasteiger partial charge in [-0.05, 0) is 60.9 Å². The third-order valence-electron chi connectivity index (χ3n) is 5.04. The Labute approximate surface area is 198 Å². The molecule has 0 aliphatic heterocycles. The number of nitrogens with one attached hydrogen (secondary N) is 1. The molecule has 0 amide bonds. The molecule has 35 heavy (non-hydrogen) atoms. The Balaban J connectivity index is 1.85. The summed E-state index contributed by atoms with van der Waals surface area (Å²) in [4.78, 5) is 19.7. The fourth-order valence-electron chi connectivity index (χ4n) is 3.45. The number of carboxylic acid groups (broad SMARTS) is 1. The maximum atomic E-state index is 13.4. The Kier molecular flexibility index (Phi) is 6.37. The maximum Gasteiger partial charge on any atom is 0.435 e. The largest absolute Gasteiger partial charge is 0.478 e. The summed E-state index contributed by atoms with van der Waals surface area (Å²) in [6.07, 6.45) is -0.706. The van der Waals surface area contributed by atoms with Crippen LogP contribution in [0.1, 0.15) is 22.5 Å². The molecule has 10 heteroatoms. The van der Waals surface area contributed by atoms with Gasteiger partial charge in [0.15, 0.2) is 11.5 Å². The molecule has 0 atom stereocenters. The number of carboxylic acids is 1. The van der Waals surface area contributed by atoms with E-state index in [-0.39, 0.29) is 17.5 Å². The molecular formula is C25H20F3N5O2. The standard InChI is InChI=1S/C25H20F3N5O2/c1-15-5-3-8-19(11-15)30-24-29-14-20(18-7-4-6-17(13-18)9-10-22(34)35)23(31-24)33-16(2)12-21(32-33)25(26,27)28/h3-14H,1-2H3,(H,34,35)(H,29,30,31). The van der Waals surface area contributed by atoms with Gasteiger partial charge in [0.2, 0.25) is 5.95 Å². The molecule has 0 bridgehead atoms. The topological polar surface area (TPSA) is 92.9 Å². The van der Waals surface area contributed by atoms with Crippen LogP contribution in [0.15, 0.2) is 66.9 Å². The Morgan fingerprint density at radius 1 is 1.09 bits per heavy atom. The first-order valence-electron chi connectivity index (χ1n) is 10.5. The van der Waals surface area contributed by atoms with Crippen molar-refractivity contribution in [2.45, 2.75) is 20.0 Å². The van der Waals surface area contributed by atoms with Crippen molar-refractivity contribution >= 4 is 23.7 Å². The first-order chi connectivity index (χ1) is 16.6. The first kappa shape index (κ1) is 23.7. The number of aliphatic carboxylic acids is 1. The molecule has 4 rings (SSSR count). The number of aryl methyl sites for hydroxylation is 2. The van der Waals surface area contributed by atoms with E-state index >= 15 is 0 Å². The van der Waals surface area contributed by atoms with Crippen molar-refractivity contribution < 1.29 is 23.1 Å². The summed E-state index contributed by atoms with van der Waals surface area (Å²) < 4.78 is 41.2. The Morgan fingerprint density at radius 2 is 1.86 bits per heavy atom. The number of rotatable bonds is 6. The normalized spacial score (nSPS) is 11.7. The number of hydrogen-bond acceptors (Lipinski definition) is 5. The second kappa shape index (κ2) is 9.41. The van der Waals surface area contributed by atoms with Gasteiger partial charge in [-0.1, -0.05) is 30.3 Å². The van der Waals surface area contributed by atoms with Gasteiger partial charge in [-0.3, -0.25) is 0 Å². The Hall–Kier alpha value is -4.47. The number of carbonyl (C=O) groups is 1. The third kappa shape index (κ3) is 5.55. The number of halogens is 3. The summed E-state index contributed by atoms with van der Waals surface area (Å²) in [5.41, 5.74) is 2.52. The van der Waals surface area contributed by atoms with E-state index in [1.165, 1.54) is 19.2 Å². The molecule has 0 spiro atoms. The number of alkyl halides is 3. The predicted molar refractivity (Wildman–Crippen MR) is 125 cm³/mol.